The quantitative estimate of drug-likeness (QED) is 0.592. The number of rotatable bonds is 3. The molecule has 0 spiro atoms. The highest BCUT2D eigenvalue weighted by Crippen LogP contribution is 1.97. The standard InChI is InChI=1S/C9H15N/c1-4-9(7-10)6-5-8(2)3/h4-6H,2,7,10H2,1,3H3. The maximum Gasteiger partial charge on any atom is 0.0174 e. The van der Waals surface area contributed by atoms with E-state index in [9.17, 15) is 0 Å². The fraction of sp³-hybridized carbons (Fsp3) is 0.333. The van der Waals surface area contributed by atoms with Crippen LogP contribution in [0.15, 0.2) is 36.0 Å². The minimum atomic E-state index is 0.598. The van der Waals surface area contributed by atoms with E-state index in [4.69, 9.17) is 5.73 Å². The first kappa shape index (κ1) is 9.18. The predicted molar refractivity (Wildman–Crippen MR) is 46.8 cm³/mol. The minimum absolute atomic E-state index is 0.598. The Kier molecular flexibility index (Phi) is 4.59. The molecule has 0 heterocycles. The van der Waals surface area contributed by atoms with Crippen LogP contribution >= 0.6 is 0 Å². The van der Waals surface area contributed by atoms with E-state index in [-0.39, 0.29) is 0 Å². The van der Waals surface area contributed by atoms with Gasteiger partial charge in [-0.25, -0.2) is 0 Å². The largest absolute Gasteiger partial charge is 0.327 e. The topological polar surface area (TPSA) is 26.0 Å². The summed E-state index contributed by atoms with van der Waals surface area (Å²) < 4.78 is 0. The van der Waals surface area contributed by atoms with Crippen LogP contribution < -0.4 is 5.73 Å². The third-order valence-electron chi connectivity index (χ3n) is 1.19. The molecule has 0 aromatic heterocycles. The molecule has 0 aromatic rings. The Bertz CT molecular complexity index is 164. The van der Waals surface area contributed by atoms with Crippen LogP contribution in [-0.4, -0.2) is 6.54 Å². The molecule has 0 unspecified atom stereocenters. The van der Waals surface area contributed by atoms with Crippen molar-refractivity contribution in [2.75, 3.05) is 6.54 Å². The van der Waals surface area contributed by atoms with E-state index in [1.807, 2.05) is 32.1 Å². The third-order valence-corrected chi connectivity index (χ3v) is 1.19. The molecule has 0 fully saturated rings. The maximum absolute atomic E-state index is 5.42. The number of nitrogens with two attached hydrogens (primary N) is 1. The summed E-state index contributed by atoms with van der Waals surface area (Å²) in [5, 5.41) is 0. The summed E-state index contributed by atoms with van der Waals surface area (Å²) in [5.41, 5.74) is 7.61. The molecular formula is C9H15N. The van der Waals surface area contributed by atoms with Gasteiger partial charge in [0.05, 0.1) is 0 Å². The van der Waals surface area contributed by atoms with Crippen molar-refractivity contribution in [3.8, 4) is 0 Å². The molecule has 0 amide bonds. The lowest BCUT2D eigenvalue weighted by Crippen LogP contribution is -2.00. The summed E-state index contributed by atoms with van der Waals surface area (Å²) in [7, 11) is 0. The van der Waals surface area contributed by atoms with Crippen LogP contribution in [0.2, 0.25) is 0 Å². The van der Waals surface area contributed by atoms with Crippen molar-refractivity contribution < 1.29 is 0 Å². The van der Waals surface area contributed by atoms with Crippen LogP contribution in [0.1, 0.15) is 13.8 Å². The Labute approximate surface area is 62.9 Å². The van der Waals surface area contributed by atoms with Gasteiger partial charge in [0, 0.05) is 6.54 Å². The van der Waals surface area contributed by atoms with Crippen LogP contribution in [0, 0.1) is 0 Å². The number of hydrogen-bond acceptors (Lipinski definition) is 1. The zero-order chi connectivity index (χ0) is 7.98. The lowest BCUT2D eigenvalue weighted by molar-refractivity contribution is 1.18. The lowest BCUT2D eigenvalue weighted by Gasteiger charge is -1.93. The zero-order valence-corrected chi connectivity index (χ0v) is 6.72. The molecular weight excluding hydrogens is 122 g/mol. The molecule has 0 aliphatic carbocycles. The second-order valence-electron chi connectivity index (χ2n) is 2.25. The molecule has 1 heteroatoms. The van der Waals surface area contributed by atoms with E-state index in [0.29, 0.717) is 6.54 Å². The normalized spacial score (nSPS) is 12.5. The highest BCUT2D eigenvalue weighted by atomic mass is 14.5. The molecule has 1 nitrogen and oxygen atoms in total. The lowest BCUT2D eigenvalue weighted by atomic mass is 10.2. The van der Waals surface area contributed by atoms with Gasteiger partial charge >= 0.3 is 0 Å². The van der Waals surface area contributed by atoms with E-state index < -0.39 is 0 Å². The van der Waals surface area contributed by atoms with E-state index in [1.54, 1.807) is 0 Å². The SMILES string of the molecule is C=C(C)C=CC(=CC)CN. The van der Waals surface area contributed by atoms with E-state index in [1.165, 1.54) is 0 Å². The van der Waals surface area contributed by atoms with Crippen LogP contribution in [-0.2, 0) is 0 Å². The van der Waals surface area contributed by atoms with Gasteiger partial charge in [0.2, 0.25) is 0 Å². The molecule has 0 aliphatic heterocycles. The van der Waals surface area contributed by atoms with Gasteiger partial charge in [0.1, 0.15) is 0 Å². The molecule has 0 atom stereocenters. The fourth-order valence-electron chi connectivity index (χ4n) is 0.531. The fourth-order valence-corrected chi connectivity index (χ4v) is 0.531. The Morgan fingerprint density at radius 2 is 2.10 bits per heavy atom. The molecule has 0 aliphatic rings. The highest BCUT2D eigenvalue weighted by Gasteiger charge is 1.82. The van der Waals surface area contributed by atoms with Crippen molar-refractivity contribution in [3.63, 3.8) is 0 Å². The van der Waals surface area contributed by atoms with E-state index in [2.05, 4.69) is 6.58 Å². The van der Waals surface area contributed by atoms with Gasteiger partial charge in [-0.3, -0.25) is 0 Å². The molecule has 56 valence electrons. The zero-order valence-electron chi connectivity index (χ0n) is 6.72. The minimum Gasteiger partial charge on any atom is -0.327 e. The summed E-state index contributed by atoms with van der Waals surface area (Å²) >= 11 is 0. The van der Waals surface area contributed by atoms with Crippen molar-refractivity contribution in [2.45, 2.75) is 13.8 Å². The van der Waals surface area contributed by atoms with Gasteiger partial charge in [-0.05, 0) is 19.4 Å². The highest BCUT2D eigenvalue weighted by molar-refractivity contribution is 5.25. The molecule has 0 radical (unpaired) electrons. The second kappa shape index (κ2) is 5.00. The van der Waals surface area contributed by atoms with Crippen molar-refractivity contribution in [3.05, 3.63) is 36.0 Å². The van der Waals surface area contributed by atoms with Gasteiger partial charge in [-0.15, -0.1) is 0 Å². The second-order valence-corrected chi connectivity index (χ2v) is 2.25. The molecule has 0 bridgehead atoms. The van der Waals surface area contributed by atoms with Crippen LogP contribution in [0.25, 0.3) is 0 Å². The first-order valence-corrected chi connectivity index (χ1v) is 3.39. The summed E-state index contributed by atoms with van der Waals surface area (Å²) in [6, 6.07) is 0. The van der Waals surface area contributed by atoms with Crippen molar-refractivity contribution in [2.24, 2.45) is 5.73 Å². The molecule has 0 saturated carbocycles. The average molecular weight is 137 g/mol. The van der Waals surface area contributed by atoms with Crippen LogP contribution in [0.3, 0.4) is 0 Å². The molecule has 0 aromatic carbocycles. The Morgan fingerprint density at radius 1 is 1.50 bits per heavy atom. The predicted octanol–water partition coefficient (Wildman–Crippen LogP) is 2.02. The van der Waals surface area contributed by atoms with Gasteiger partial charge in [-0.1, -0.05) is 30.4 Å². The Balaban J connectivity index is 3.98. The van der Waals surface area contributed by atoms with Crippen LogP contribution in [0.4, 0.5) is 0 Å². The first-order valence-electron chi connectivity index (χ1n) is 3.39. The summed E-state index contributed by atoms with van der Waals surface area (Å²) in [5.74, 6) is 0. The average Bonchev–Trinajstić information content (AvgIpc) is 1.90. The van der Waals surface area contributed by atoms with E-state index >= 15 is 0 Å². The van der Waals surface area contributed by atoms with Gasteiger partial charge < -0.3 is 5.73 Å². The number of hydrogen-bond donors (Lipinski definition) is 1. The Morgan fingerprint density at radius 3 is 2.40 bits per heavy atom. The van der Waals surface area contributed by atoms with Crippen LogP contribution in [0.5, 0.6) is 0 Å². The summed E-state index contributed by atoms with van der Waals surface area (Å²) in [6.07, 6.45) is 5.95. The first-order chi connectivity index (χ1) is 4.70. The third kappa shape index (κ3) is 4.10. The van der Waals surface area contributed by atoms with Gasteiger partial charge in [0.15, 0.2) is 0 Å². The van der Waals surface area contributed by atoms with E-state index in [0.717, 1.165) is 11.1 Å². The molecule has 10 heavy (non-hydrogen) atoms. The summed E-state index contributed by atoms with van der Waals surface area (Å²) in [4.78, 5) is 0. The van der Waals surface area contributed by atoms with Gasteiger partial charge in [0.25, 0.3) is 0 Å². The van der Waals surface area contributed by atoms with Crippen molar-refractivity contribution in [1.82, 2.24) is 0 Å². The summed E-state index contributed by atoms with van der Waals surface area (Å²) in [6.45, 7) is 8.27. The number of allylic oxidation sites excluding steroid dienone is 3. The molecule has 0 saturated heterocycles. The van der Waals surface area contributed by atoms with Crippen molar-refractivity contribution >= 4 is 0 Å². The molecule has 0 rings (SSSR count). The Hall–Kier alpha value is -0.820. The van der Waals surface area contributed by atoms with Gasteiger partial charge in [-0.2, -0.15) is 0 Å². The monoisotopic (exact) mass is 137 g/mol. The molecule has 2 N–H and O–H groups in total. The van der Waals surface area contributed by atoms with Crippen molar-refractivity contribution in [1.29, 1.82) is 0 Å². The maximum atomic E-state index is 5.42. The smallest absolute Gasteiger partial charge is 0.0174 e.